The van der Waals surface area contributed by atoms with Crippen molar-refractivity contribution in [3.8, 4) is 0 Å². The van der Waals surface area contributed by atoms with Crippen LogP contribution < -0.4 is 0 Å². The van der Waals surface area contributed by atoms with E-state index >= 15 is 0 Å². The second-order valence-electron chi connectivity index (χ2n) is 4.87. The second kappa shape index (κ2) is 5.89. The maximum absolute atomic E-state index is 10.9. The highest BCUT2D eigenvalue weighted by Crippen LogP contribution is 2.23. The molecule has 1 aromatic carbocycles. The highest BCUT2D eigenvalue weighted by atomic mass is 16.4. The molecule has 0 atom stereocenters. The van der Waals surface area contributed by atoms with Crippen LogP contribution in [0.2, 0.25) is 0 Å². The number of nitrogens with one attached hydrogen (secondary N) is 1. The molecule has 0 saturated carbocycles. The number of hydrogen-bond donors (Lipinski definition) is 2. The minimum atomic E-state index is -0.787. The number of fused-ring (bicyclic) bond motifs is 1. The first-order valence-corrected chi connectivity index (χ1v) is 6.60. The Hall–Kier alpha value is -1.81. The Kier molecular flexibility index (Phi) is 4.22. The zero-order valence-corrected chi connectivity index (χ0v) is 11.4. The molecule has 0 spiro atoms. The van der Waals surface area contributed by atoms with Crippen molar-refractivity contribution < 1.29 is 9.90 Å². The first-order chi connectivity index (χ1) is 9.11. The summed E-state index contributed by atoms with van der Waals surface area (Å²) < 4.78 is 0. The lowest BCUT2D eigenvalue weighted by Gasteiger charge is -2.13. The van der Waals surface area contributed by atoms with Gasteiger partial charge in [0.15, 0.2) is 0 Å². The van der Waals surface area contributed by atoms with Gasteiger partial charge in [-0.15, -0.1) is 0 Å². The quantitative estimate of drug-likeness (QED) is 0.838. The van der Waals surface area contributed by atoms with E-state index in [0.29, 0.717) is 0 Å². The average molecular weight is 260 g/mol. The molecule has 0 fully saturated rings. The fraction of sp³-hybridized carbons (Fsp3) is 0.400. The van der Waals surface area contributed by atoms with Crippen LogP contribution in [-0.2, 0) is 17.6 Å². The third kappa shape index (κ3) is 3.15. The number of rotatable bonds is 6. The smallest absolute Gasteiger partial charge is 0.307 e. The second-order valence-corrected chi connectivity index (χ2v) is 4.87. The number of benzene rings is 1. The van der Waals surface area contributed by atoms with Crippen molar-refractivity contribution >= 4 is 16.9 Å². The molecule has 19 heavy (non-hydrogen) atoms. The van der Waals surface area contributed by atoms with Crippen molar-refractivity contribution in [2.75, 3.05) is 20.1 Å². The number of carbonyl (C=O) groups is 1. The van der Waals surface area contributed by atoms with E-state index in [1.807, 2.05) is 24.4 Å². The molecule has 2 N–H and O–H groups in total. The fourth-order valence-corrected chi connectivity index (χ4v) is 2.31. The molecule has 102 valence electrons. The largest absolute Gasteiger partial charge is 0.481 e. The number of carboxylic acid groups (broad SMARTS) is 1. The molecule has 1 heterocycles. The van der Waals surface area contributed by atoms with Crippen molar-refractivity contribution in [3.05, 3.63) is 35.5 Å². The summed E-state index contributed by atoms with van der Waals surface area (Å²) in [7, 11) is 2.09. The summed E-state index contributed by atoms with van der Waals surface area (Å²) in [6.07, 6.45) is 3.01. The van der Waals surface area contributed by atoms with Crippen LogP contribution in [0.5, 0.6) is 0 Å². The van der Waals surface area contributed by atoms with Crippen LogP contribution in [0.1, 0.15) is 18.1 Å². The molecular formula is C15H20N2O2. The molecule has 4 nitrogen and oxygen atoms in total. The Bertz CT molecular complexity index is 575. The van der Waals surface area contributed by atoms with Gasteiger partial charge in [-0.2, -0.15) is 0 Å². The van der Waals surface area contributed by atoms with E-state index in [4.69, 9.17) is 5.11 Å². The van der Waals surface area contributed by atoms with Crippen LogP contribution >= 0.6 is 0 Å². The molecule has 2 rings (SSSR count). The van der Waals surface area contributed by atoms with Crippen LogP contribution in [0.3, 0.4) is 0 Å². The predicted octanol–water partition coefficient (Wildman–Crippen LogP) is 2.29. The zero-order valence-electron chi connectivity index (χ0n) is 11.4. The average Bonchev–Trinajstić information content (AvgIpc) is 2.79. The monoisotopic (exact) mass is 260 g/mol. The Labute approximate surface area is 113 Å². The molecule has 4 heteroatoms. The van der Waals surface area contributed by atoms with Gasteiger partial charge in [-0.3, -0.25) is 4.79 Å². The van der Waals surface area contributed by atoms with Crippen molar-refractivity contribution in [2.45, 2.75) is 19.8 Å². The number of likely N-dealkylation sites (N-methyl/N-ethyl adjacent to an activating group) is 1. The maximum Gasteiger partial charge on any atom is 0.307 e. The van der Waals surface area contributed by atoms with Gasteiger partial charge in [0.25, 0.3) is 0 Å². The van der Waals surface area contributed by atoms with Gasteiger partial charge in [0.2, 0.25) is 0 Å². The minimum Gasteiger partial charge on any atom is -0.481 e. The van der Waals surface area contributed by atoms with Gasteiger partial charge in [-0.1, -0.05) is 19.1 Å². The summed E-state index contributed by atoms with van der Waals surface area (Å²) in [5.74, 6) is -0.787. The summed E-state index contributed by atoms with van der Waals surface area (Å²) in [4.78, 5) is 16.4. The third-order valence-electron chi connectivity index (χ3n) is 3.52. The van der Waals surface area contributed by atoms with Crippen LogP contribution in [-0.4, -0.2) is 41.1 Å². The predicted molar refractivity (Wildman–Crippen MR) is 76.5 cm³/mol. The normalized spacial score (nSPS) is 11.3. The van der Waals surface area contributed by atoms with Gasteiger partial charge in [0, 0.05) is 23.6 Å². The molecule has 0 aliphatic carbocycles. The molecule has 0 bridgehead atoms. The summed E-state index contributed by atoms with van der Waals surface area (Å²) in [5.41, 5.74) is 3.11. The highest BCUT2D eigenvalue weighted by Gasteiger charge is 2.11. The fourth-order valence-electron chi connectivity index (χ4n) is 2.31. The van der Waals surface area contributed by atoms with E-state index in [0.717, 1.165) is 36.0 Å². The van der Waals surface area contributed by atoms with E-state index in [1.165, 1.54) is 5.56 Å². The number of aliphatic carboxylic acids is 1. The van der Waals surface area contributed by atoms with Gasteiger partial charge in [-0.05, 0) is 37.2 Å². The number of H-pyrrole nitrogens is 1. The van der Waals surface area contributed by atoms with E-state index in [2.05, 4.69) is 23.9 Å². The van der Waals surface area contributed by atoms with Crippen molar-refractivity contribution in [3.63, 3.8) is 0 Å². The topological polar surface area (TPSA) is 56.3 Å². The molecule has 0 radical (unpaired) electrons. The summed E-state index contributed by atoms with van der Waals surface area (Å²) in [6, 6.07) is 5.80. The summed E-state index contributed by atoms with van der Waals surface area (Å²) in [5, 5.41) is 10.1. The lowest BCUT2D eigenvalue weighted by Crippen LogP contribution is -2.20. The number of carboxylic acids is 1. The van der Waals surface area contributed by atoms with Crippen molar-refractivity contribution in [2.24, 2.45) is 0 Å². The zero-order chi connectivity index (χ0) is 13.8. The minimum absolute atomic E-state index is 0.0752. The molecule has 0 saturated heterocycles. The number of aromatic nitrogens is 1. The van der Waals surface area contributed by atoms with Crippen molar-refractivity contribution in [1.82, 2.24) is 9.88 Å². The summed E-state index contributed by atoms with van der Waals surface area (Å²) >= 11 is 0. The third-order valence-corrected chi connectivity index (χ3v) is 3.52. The Balaban J connectivity index is 2.31. The molecular weight excluding hydrogens is 240 g/mol. The Morgan fingerprint density at radius 1 is 1.37 bits per heavy atom. The molecule has 2 aromatic rings. The summed E-state index contributed by atoms with van der Waals surface area (Å²) in [6.45, 7) is 4.13. The van der Waals surface area contributed by atoms with Crippen LogP contribution in [0.25, 0.3) is 10.9 Å². The standard InChI is InChI=1S/C15H20N2O2/c1-3-17(2)8-7-12-10-16-13-6-4-5-11(15(12)13)9-14(18)19/h4-6,10,16H,3,7-9H2,1-2H3,(H,18,19). The SMILES string of the molecule is CCN(C)CCc1c[nH]c2cccc(CC(=O)O)c12. The van der Waals surface area contributed by atoms with Gasteiger partial charge in [0.1, 0.15) is 0 Å². The molecule has 0 aliphatic heterocycles. The van der Waals surface area contributed by atoms with E-state index in [-0.39, 0.29) is 6.42 Å². The molecule has 1 aromatic heterocycles. The van der Waals surface area contributed by atoms with E-state index in [1.54, 1.807) is 0 Å². The maximum atomic E-state index is 10.9. The lowest BCUT2D eigenvalue weighted by atomic mass is 10.0. The van der Waals surface area contributed by atoms with E-state index in [9.17, 15) is 4.79 Å². The van der Waals surface area contributed by atoms with Gasteiger partial charge in [-0.25, -0.2) is 0 Å². The molecule has 0 amide bonds. The Morgan fingerprint density at radius 2 is 2.16 bits per heavy atom. The first kappa shape index (κ1) is 13.6. The van der Waals surface area contributed by atoms with Crippen LogP contribution in [0, 0.1) is 0 Å². The number of hydrogen-bond acceptors (Lipinski definition) is 2. The van der Waals surface area contributed by atoms with E-state index < -0.39 is 5.97 Å². The molecule has 0 unspecified atom stereocenters. The lowest BCUT2D eigenvalue weighted by molar-refractivity contribution is -0.136. The van der Waals surface area contributed by atoms with Crippen molar-refractivity contribution in [1.29, 1.82) is 0 Å². The van der Waals surface area contributed by atoms with Crippen LogP contribution in [0.4, 0.5) is 0 Å². The van der Waals surface area contributed by atoms with Gasteiger partial charge in [0.05, 0.1) is 6.42 Å². The van der Waals surface area contributed by atoms with Gasteiger partial charge >= 0.3 is 5.97 Å². The Morgan fingerprint density at radius 3 is 2.84 bits per heavy atom. The van der Waals surface area contributed by atoms with Crippen LogP contribution in [0.15, 0.2) is 24.4 Å². The number of nitrogens with zero attached hydrogens (tertiary/aromatic N) is 1. The highest BCUT2D eigenvalue weighted by molar-refractivity contribution is 5.89. The molecule has 0 aliphatic rings. The number of aromatic amines is 1. The first-order valence-electron chi connectivity index (χ1n) is 6.60. The van der Waals surface area contributed by atoms with Gasteiger partial charge < -0.3 is 15.0 Å².